The molecule has 2 heterocycles. The van der Waals surface area contributed by atoms with Gasteiger partial charge in [-0.25, -0.2) is 9.97 Å². The molecule has 0 aliphatic heterocycles. The first-order valence-electron chi connectivity index (χ1n) is 6.39. The third kappa shape index (κ3) is 2.54. The fourth-order valence-electron chi connectivity index (χ4n) is 1.96. The van der Waals surface area contributed by atoms with Crippen LogP contribution in [0.25, 0.3) is 11.0 Å². The van der Waals surface area contributed by atoms with E-state index in [0.29, 0.717) is 13.2 Å². The number of nitrogens with one attached hydrogen (secondary N) is 1. The van der Waals surface area contributed by atoms with Crippen molar-refractivity contribution < 1.29 is 4.74 Å². The molecule has 0 aliphatic rings. The first-order valence-corrected chi connectivity index (χ1v) is 6.39. The summed E-state index contributed by atoms with van der Waals surface area (Å²) in [5.74, 6) is 1.64. The molecule has 3 rings (SSSR count). The molecule has 0 saturated heterocycles. The van der Waals surface area contributed by atoms with Gasteiger partial charge in [-0.15, -0.1) is 0 Å². The van der Waals surface area contributed by atoms with Gasteiger partial charge in [-0.3, -0.25) is 4.68 Å². The molecule has 0 radical (unpaired) electrons. The molecule has 102 valence electrons. The van der Waals surface area contributed by atoms with Crippen molar-refractivity contribution in [2.75, 3.05) is 18.5 Å². The number of rotatable bonds is 5. The van der Waals surface area contributed by atoms with Gasteiger partial charge in [0.05, 0.1) is 18.1 Å². The fraction of sp³-hybridized carbons (Fsp3) is 0.214. The predicted molar refractivity (Wildman–Crippen MR) is 76.7 cm³/mol. The maximum absolute atomic E-state index is 5.62. The van der Waals surface area contributed by atoms with Gasteiger partial charge >= 0.3 is 0 Å². The maximum Gasteiger partial charge on any atom is 0.163 e. The van der Waals surface area contributed by atoms with E-state index in [1.165, 1.54) is 6.33 Å². The summed E-state index contributed by atoms with van der Waals surface area (Å²) in [6.45, 7) is 1.23. The monoisotopic (exact) mass is 269 g/mol. The van der Waals surface area contributed by atoms with Crippen molar-refractivity contribution in [2.45, 2.75) is 0 Å². The number of fused-ring (bicyclic) bond motifs is 1. The van der Waals surface area contributed by atoms with Crippen molar-refractivity contribution in [3.8, 4) is 5.75 Å². The molecule has 0 saturated carbocycles. The van der Waals surface area contributed by atoms with Crippen molar-refractivity contribution in [1.29, 1.82) is 0 Å². The van der Waals surface area contributed by atoms with Crippen LogP contribution in [0, 0.1) is 0 Å². The Morgan fingerprint density at radius 1 is 1.20 bits per heavy atom. The second-order valence-corrected chi connectivity index (χ2v) is 4.32. The molecule has 20 heavy (non-hydrogen) atoms. The van der Waals surface area contributed by atoms with Gasteiger partial charge in [-0.1, -0.05) is 18.2 Å². The summed E-state index contributed by atoms with van der Waals surface area (Å²) in [6, 6.07) is 9.73. The Morgan fingerprint density at radius 3 is 2.90 bits per heavy atom. The Balaban J connectivity index is 1.60. The van der Waals surface area contributed by atoms with Crippen LogP contribution in [0.15, 0.2) is 42.9 Å². The minimum Gasteiger partial charge on any atom is -0.492 e. The normalized spacial score (nSPS) is 10.7. The molecule has 0 aliphatic carbocycles. The molecule has 3 aromatic rings. The molecule has 6 heteroatoms. The maximum atomic E-state index is 5.62. The number of ether oxygens (including phenoxy) is 1. The van der Waals surface area contributed by atoms with Crippen LogP contribution in [0.3, 0.4) is 0 Å². The number of aryl methyl sites for hydroxylation is 1. The predicted octanol–water partition coefficient (Wildman–Crippen LogP) is 1.85. The van der Waals surface area contributed by atoms with Crippen molar-refractivity contribution in [3.05, 3.63) is 42.9 Å². The number of benzene rings is 1. The molecule has 0 spiro atoms. The number of hydrogen-bond donors (Lipinski definition) is 1. The van der Waals surface area contributed by atoms with E-state index in [4.69, 9.17) is 4.74 Å². The summed E-state index contributed by atoms with van der Waals surface area (Å²) >= 11 is 0. The van der Waals surface area contributed by atoms with E-state index in [-0.39, 0.29) is 0 Å². The zero-order chi connectivity index (χ0) is 13.8. The average molecular weight is 269 g/mol. The highest BCUT2D eigenvalue weighted by molar-refractivity contribution is 5.85. The van der Waals surface area contributed by atoms with E-state index in [2.05, 4.69) is 20.4 Å². The minimum absolute atomic E-state index is 0.565. The van der Waals surface area contributed by atoms with Crippen LogP contribution >= 0.6 is 0 Å². The molecule has 6 nitrogen and oxygen atoms in total. The molecule has 0 amide bonds. The van der Waals surface area contributed by atoms with E-state index in [1.807, 2.05) is 37.4 Å². The highest BCUT2D eigenvalue weighted by Gasteiger charge is 2.06. The van der Waals surface area contributed by atoms with Crippen LogP contribution in [0.4, 0.5) is 5.82 Å². The summed E-state index contributed by atoms with van der Waals surface area (Å²) in [7, 11) is 1.86. The molecule has 0 unspecified atom stereocenters. The molecule has 1 N–H and O–H groups in total. The van der Waals surface area contributed by atoms with Crippen LogP contribution in [-0.4, -0.2) is 32.9 Å². The van der Waals surface area contributed by atoms with Crippen LogP contribution in [0.1, 0.15) is 0 Å². The van der Waals surface area contributed by atoms with Gasteiger partial charge in [-0.05, 0) is 12.1 Å². The summed E-state index contributed by atoms with van der Waals surface area (Å²) in [4.78, 5) is 8.43. The third-order valence-corrected chi connectivity index (χ3v) is 2.94. The van der Waals surface area contributed by atoms with Crippen LogP contribution in [-0.2, 0) is 7.05 Å². The quantitative estimate of drug-likeness (QED) is 0.716. The Labute approximate surface area is 116 Å². The number of hydrogen-bond acceptors (Lipinski definition) is 5. The SMILES string of the molecule is Cn1ncc2c(NCCOc3ccccc3)ncnc21. The zero-order valence-electron chi connectivity index (χ0n) is 11.2. The van der Waals surface area contributed by atoms with Gasteiger partial charge in [0.15, 0.2) is 5.65 Å². The smallest absolute Gasteiger partial charge is 0.163 e. The zero-order valence-corrected chi connectivity index (χ0v) is 11.2. The van der Waals surface area contributed by atoms with Gasteiger partial charge in [0.25, 0.3) is 0 Å². The molecule has 0 fully saturated rings. The molecular formula is C14H15N5O. The largest absolute Gasteiger partial charge is 0.492 e. The lowest BCUT2D eigenvalue weighted by Crippen LogP contribution is -2.12. The Bertz CT molecular complexity index is 695. The van der Waals surface area contributed by atoms with E-state index < -0.39 is 0 Å². The Hall–Kier alpha value is -2.63. The summed E-state index contributed by atoms with van der Waals surface area (Å²) in [5, 5.41) is 8.33. The van der Waals surface area contributed by atoms with E-state index in [9.17, 15) is 0 Å². The summed E-state index contributed by atoms with van der Waals surface area (Å²) < 4.78 is 7.34. The van der Waals surface area contributed by atoms with Gasteiger partial charge in [0.2, 0.25) is 0 Å². The first-order chi connectivity index (χ1) is 9.84. The van der Waals surface area contributed by atoms with Crippen LogP contribution < -0.4 is 10.1 Å². The average Bonchev–Trinajstić information content (AvgIpc) is 2.87. The van der Waals surface area contributed by atoms with Crippen molar-refractivity contribution in [3.63, 3.8) is 0 Å². The lowest BCUT2D eigenvalue weighted by Gasteiger charge is -2.08. The molecule has 2 aromatic heterocycles. The summed E-state index contributed by atoms with van der Waals surface area (Å²) in [6.07, 6.45) is 3.29. The van der Waals surface area contributed by atoms with Gasteiger partial charge in [0.1, 0.15) is 24.5 Å². The number of aromatic nitrogens is 4. The van der Waals surface area contributed by atoms with Gasteiger partial charge in [0, 0.05) is 7.05 Å². The van der Waals surface area contributed by atoms with E-state index in [1.54, 1.807) is 10.9 Å². The Kier molecular flexibility index (Phi) is 3.45. The van der Waals surface area contributed by atoms with Crippen molar-refractivity contribution in [1.82, 2.24) is 19.7 Å². The van der Waals surface area contributed by atoms with Crippen molar-refractivity contribution in [2.24, 2.45) is 7.05 Å². The van der Waals surface area contributed by atoms with E-state index in [0.717, 1.165) is 22.6 Å². The van der Waals surface area contributed by atoms with Gasteiger partial charge in [-0.2, -0.15) is 5.10 Å². The lowest BCUT2D eigenvalue weighted by atomic mass is 10.3. The van der Waals surface area contributed by atoms with Crippen LogP contribution in [0.2, 0.25) is 0 Å². The first kappa shape index (κ1) is 12.4. The number of nitrogens with zero attached hydrogens (tertiary/aromatic N) is 4. The minimum atomic E-state index is 0.565. The van der Waals surface area contributed by atoms with Crippen molar-refractivity contribution >= 4 is 16.9 Å². The number of para-hydroxylation sites is 1. The fourth-order valence-corrected chi connectivity index (χ4v) is 1.96. The lowest BCUT2D eigenvalue weighted by molar-refractivity contribution is 0.333. The number of anilines is 1. The molecular weight excluding hydrogens is 254 g/mol. The standard InChI is InChI=1S/C14H15N5O/c1-19-14-12(9-18-19)13(16-10-17-14)15-7-8-20-11-5-3-2-4-6-11/h2-6,9-10H,7-8H2,1H3,(H,15,16,17). The Morgan fingerprint density at radius 2 is 2.05 bits per heavy atom. The second kappa shape index (κ2) is 5.56. The molecule has 0 bridgehead atoms. The topological polar surface area (TPSA) is 64.9 Å². The highest BCUT2D eigenvalue weighted by atomic mass is 16.5. The summed E-state index contributed by atoms with van der Waals surface area (Å²) in [5.41, 5.74) is 0.812. The van der Waals surface area contributed by atoms with Gasteiger partial charge < -0.3 is 10.1 Å². The second-order valence-electron chi connectivity index (χ2n) is 4.32. The molecule has 1 aromatic carbocycles. The van der Waals surface area contributed by atoms with Crippen LogP contribution in [0.5, 0.6) is 5.75 Å². The molecule has 0 atom stereocenters. The third-order valence-electron chi connectivity index (χ3n) is 2.94. The van der Waals surface area contributed by atoms with E-state index >= 15 is 0 Å². The highest BCUT2D eigenvalue weighted by Crippen LogP contribution is 2.17.